The number of nitrogens with two attached hydrogens (primary N) is 1. The van der Waals surface area contributed by atoms with E-state index in [0.717, 1.165) is 18.4 Å². The van der Waals surface area contributed by atoms with Crippen LogP contribution >= 0.6 is 0 Å². The Bertz CT molecular complexity index is 462. The molecule has 0 heterocycles. The van der Waals surface area contributed by atoms with Crippen LogP contribution in [0.1, 0.15) is 32.3 Å². The van der Waals surface area contributed by atoms with E-state index in [9.17, 15) is 9.90 Å². The van der Waals surface area contributed by atoms with Gasteiger partial charge in [0.1, 0.15) is 0 Å². The molecule has 4 heteroatoms. The molecule has 0 spiro atoms. The number of amides is 1. The normalized spacial score (nSPS) is 17.0. The second-order valence-electron chi connectivity index (χ2n) is 6.09. The second kappa shape index (κ2) is 4.85. The highest BCUT2D eigenvalue weighted by Gasteiger charge is 2.43. The zero-order valence-electron chi connectivity index (χ0n) is 11.6. The van der Waals surface area contributed by atoms with Crippen molar-refractivity contribution in [1.82, 2.24) is 5.32 Å². The number of nitrogens with one attached hydrogen (secondary N) is 1. The molecule has 0 aliphatic heterocycles. The largest absolute Gasteiger partial charge is 0.399 e. The van der Waals surface area contributed by atoms with Gasteiger partial charge in [-0.25, -0.2) is 0 Å². The number of hydrogen-bond donors (Lipinski definition) is 3. The van der Waals surface area contributed by atoms with Gasteiger partial charge in [-0.05, 0) is 44.4 Å². The van der Waals surface area contributed by atoms with Crippen molar-refractivity contribution in [2.45, 2.75) is 32.1 Å². The number of aliphatic hydroxyl groups is 1. The standard InChI is InChI=1S/C15H22N2O2/c1-14(2,11-3-5-12(16)6-4-11)13(19)17-9-15(10-18)7-8-15/h3-6,18H,7-10,16H2,1-2H3,(H,17,19). The van der Waals surface area contributed by atoms with E-state index < -0.39 is 5.41 Å². The summed E-state index contributed by atoms with van der Waals surface area (Å²) in [6.45, 7) is 4.50. The first-order valence-electron chi connectivity index (χ1n) is 6.65. The molecule has 0 unspecified atom stereocenters. The summed E-state index contributed by atoms with van der Waals surface area (Å²) >= 11 is 0. The van der Waals surface area contributed by atoms with Crippen molar-refractivity contribution >= 4 is 11.6 Å². The van der Waals surface area contributed by atoms with Gasteiger partial charge in [0.25, 0.3) is 0 Å². The van der Waals surface area contributed by atoms with Crippen LogP contribution < -0.4 is 11.1 Å². The molecule has 0 bridgehead atoms. The minimum atomic E-state index is -0.598. The van der Waals surface area contributed by atoms with Crippen LogP contribution in [0.4, 0.5) is 5.69 Å². The SMILES string of the molecule is CC(C)(C(=O)NCC1(CO)CC1)c1ccc(N)cc1. The minimum absolute atomic E-state index is 0.0167. The molecule has 4 nitrogen and oxygen atoms in total. The molecule has 1 aromatic carbocycles. The predicted molar refractivity (Wildman–Crippen MR) is 75.6 cm³/mol. The zero-order valence-corrected chi connectivity index (χ0v) is 11.6. The van der Waals surface area contributed by atoms with Crippen molar-refractivity contribution in [2.75, 3.05) is 18.9 Å². The van der Waals surface area contributed by atoms with Crippen molar-refractivity contribution in [3.8, 4) is 0 Å². The van der Waals surface area contributed by atoms with E-state index in [0.29, 0.717) is 12.2 Å². The molecule has 0 saturated heterocycles. The molecule has 19 heavy (non-hydrogen) atoms. The smallest absolute Gasteiger partial charge is 0.230 e. The molecular formula is C15H22N2O2. The van der Waals surface area contributed by atoms with E-state index in [4.69, 9.17) is 5.73 Å². The first-order valence-corrected chi connectivity index (χ1v) is 6.65. The van der Waals surface area contributed by atoms with Crippen LogP contribution in [0.2, 0.25) is 0 Å². The maximum absolute atomic E-state index is 12.3. The summed E-state index contributed by atoms with van der Waals surface area (Å²) in [6, 6.07) is 7.38. The molecule has 0 aromatic heterocycles. The van der Waals surface area contributed by atoms with Crippen LogP contribution in [0.5, 0.6) is 0 Å². The average molecular weight is 262 g/mol. The molecule has 1 aromatic rings. The number of nitrogen functional groups attached to an aromatic ring is 1. The highest BCUT2D eigenvalue weighted by Crippen LogP contribution is 2.44. The minimum Gasteiger partial charge on any atom is -0.399 e. The lowest BCUT2D eigenvalue weighted by molar-refractivity contribution is -0.126. The van der Waals surface area contributed by atoms with Gasteiger partial charge in [-0.2, -0.15) is 0 Å². The Balaban J connectivity index is 2.02. The van der Waals surface area contributed by atoms with Crippen molar-refractivity contribution in [3.05, 3.63) is 29.8 Å². The first kappa shape index (κ1) is 13.9. The highest BCUT2D eigenvalue weighted by atomic mass is 16.3. The maximum Gasteiger partial charge on any atom is 0.230 e. The summed E-state index contributed by atoms with van der Waals surface area (Å²) in [7, 11) is 0. The van der Waals surface area contributed by atoms with Gasteiger partial charge in [-0.3, -0.25) is 4.79 Å². The van der Waals surface area contributed by atoms with Crippen molar-refractivity contribution in [3.63, 3.8) is 0 Å². The Morgan fingerprint density at radius 1 is 1.37 bits per heavy atom. The molecule has 4 N–H and O–H groups in total. The molecule has 1 fully saturated rings. The highest BCUT2D eigenvalue weighted by molar-refractivity contribution is 5.87. The molecule has 2 rings (SSSR count). The van der Waals surface area contributed by atoms with Gasteiger partial charge in [0.05, 0.1) is 12.0 Å². The van der Waals surface area contributed by atoms with Gasteiger partial charge in [-0.15, -0.1) is 0 Å². The third-order valence-corrected chi connectivity index (χ3v) is 4.12. The van der Waals surface area contributed by atoms with Crippen LogP contribution in [-0.2, 0) is 10.2 Å². The lowest BCUT2D eigenvalue weighted by Gasteiger charge is -2.25. The molecule has 1 amide bonds. The lowest BCUT2D eigenvalue weighted by atomic mass is 9.83. The van der Waals surface area contributed by atoms with E-state index in [1.54, 1.807) is 12.1 Å². The molecule has 104 valence electrons. The van der Waals surface area contributed by atoms with Gasteiger partial charge in [0, 0.05) is 17.6 Å². The summed E-state index contributed by atoms with van der Waals surface area (Å²) in [4.78, 5) is 12.3. The van der Waals surface area contributed by atoms with Crippen LogP contribution in [0.3, 0.4) is 0 Å². The van der Waals surface area contributed by atoms with Gasteiger partial charge in [0.2, 0.25) is 5.91 Å². The molecule has 1 aliphatic carbocycles. The Kier molecular flexibility index (Phi) is 3.54. The summed E-state index contributed by atoms with van der Waals surface area (Å²) in [5.41, 5.74) is 6.63. The van der Waals surface area contributed by atoms with E-state index in [-0.39, 0.29) is 17.9 Å². The fraction of sp³-hybridized carbons (Fsp3) is 0.533. The number of hydrogen-bond acceptors (Lipinski definition) is 3. The maximum atomic E-state index is 12.3. The Morgan fingerprint density at radius 2 is 1.95 bits per heavy atom. The number of carbonyl (C=O) groups is 1. The summed E-state index contributed by atoms with van der Waals surface area (Å²) in [6.07, 6.45) is 1.98. The monoisotopic (exact) mass is 262 g/mol. The molecular weight excluding hydrogens is 240 g/mol. The predicted octanol–water partition coefficient (Wildman–Crippen LogP) is 1.44. The van der Waals surface area contributed by atoms with Crippen molar-refractivity contribution in [2.24, 2.45) is 5.41 Å². The molecule has 0 radical (unpaired) electrons. The van der Waals surface area contributed by atoms with Crippen LogP contribution in [0.15, 0.2) is 24.3 Å². The fourth-order valence-corrected chi connectivity index (χ4v) is 2.09. The topological polar surface area (TPSA) is 75.3 Å². The fourth-order valence-electron chi connectivity index (χ4n) is 2.09. The number of carbonyl (C=O) groups excluding carboxylic acids is 1. The van der Waals surface area contributed by atoms with Crippen LogP contribution in [-0.4, -0.2) is 24.2 Å². The molecule has 0 atom stereocenters. The number of anilines is 1. The van der Waals surface area contributed by atoms with Crippen molar-refractivity contribution < 1.29 is 9.90 Å². The average Bonchev–Trinajstić information content (AvgIpc) is 3.17. The quantitative estimate of drug-likeness (QED) is 0.703. The zero-order chi connectivity index (χ0) is 14.1. The number of rotatable bonds is 5. The third kappa shape index (κ3) is 2.89. The van der Waals surface area contributed by atoms with E-state index in [2.05, 4.69) is 5.32 Å². The molecule has 1 aliphatic rings. The third-order valence-electron chi connectivity index (χ3n) is 4.12. The van der Waals surface area contributed by atoms with Gasteiger partial charge >= 0.3 is 0 Å². The van der Waals surface area contributed by atoms with Crippen molar-refractivity contribution in [1.29, 1.82) is 0 Å². The van der Waals surface area contributed by atoms with E-state index >= 15 is 0 Å². The Hall–Kier alpha value is -1.55. The first-order chi connectivity index (χ1) is 8.89. The summed E-state index contributed by atoms with van der Waals surface area (Å²) < 4.78 is 0. The Labute approximate surface area is 114 Å². The van der Waals surface area contributed by atoms with Gasteiger partial charge < -0.3 is 16.2 Å². The summed E-state index contributed by atoms with van der Waals surface area (Å²) in [5.74, 6) is -0.0167. The number of aliphatic hydroxyl groups excluding tert-OH is 1. The summed E-state index contributed by atoms with van der Waals surface area (Å²) in [5, 5.41) is 12.2. The van der Waals surface area contributed by atoms with Crippen LogP contribution in [0, 0.1) is 5.41 Å². The van der Waals surface area contributed by atoms with Crippen LogP contribution in [0.25, 0.3) is 0 Å². The lowest BCUT2D eigenvalue weighted by Crippen LogP contribution is -2.43. The second-order valence-corrected chi connectivity index (χ2v) is 6.09. The van der Waals surface area contributed by atoms with Gasteiger partial charge in [-0.1, -0.05) is 12.1 Å². The Morgan fingerprint density at radius 3 is 2.42 bits per heavy atom. The van der Waals surface area contributed by atoms with E-state index in [1.807, 2.05) is 26.0 Å². The number of benzene rings is 1. The molecule has 1 saturated carbocycles. The van der Waals surface area contributed by atoms with Gasteiger partial charge in [0.15, 0.2) is 0 Å². The van der Waals surface area contributed by atoms with E-state index in [1.165, 1.54) is 0 Å².